The summed E-state index contributed by atoms with van der Waals surface area (Å²) in [4.78, 5) is 21.3. The van der Waals surface area contributed by atoms with Crippen molar-refractivity contribution in [3.05, 3.63) is 29.7 Å². The number of carbonyl (C=O) groups is 1. The van der Waals surface area contributed by atoms with Crippen LogP contribution in [0.2, 0.25) is 5.15 Å². The number of anilines is 1. The molecule has 5 nitrogen and oxygen atoms in total. The van der Waals surface area contributed by atoms with Gasteiger partial charge >= 0.3 is 6.09 Å². The number of ether oxygens (including phenoxy) is 1. The van der Waals surface area contributed by atoms with Gasteiger partial charge in [0.25, 0.3) is 0 Å². The van der Waals surface area contributed by atoms with Crippen LogP contribution in [-0.2, 0) is 4.74 Å². The molecule has 0 aliphatic rings. The van der Waals surface area contributed by atoms with Gasteiger partial charge in [-0.3, -0.25) is 9.88 Å². The molecule has 7 heteroatoms. The summed E-state index contributed by atoms with van der Waals surface area (Å²) in [6.07, 6.45) is 2.93. The van der Waals surface area contributed by atoms with E-state index in [1.807, 2.05) is 12.1 Å². The fraction of sp³-hybridized carbons (Fsp3) is 0.250. The minimum absolute atomic E-state index is 0.277. The molecule has 0 aliphatic heterocycles. The maximum atomic E-state index is 11.7. The standard InChI is InChI=1S/C12H12ClN3O2S/c1-3-18-12(17)16(2)11-9(13)15-10(19-11)8-5-4-6-14-7-8/h4-7H,3H2,1-2H3. The smallest absolute Gasteiger partial charge is 0.414 e. The summed E-state index contributed by atoms with van der Waals surface area (Å²) in [6.45, 7) is 2.07. The molecule has 2 rings (SSSR count). The van der Waals surface area contributed by atoms with Crippen molar-refractivity contribution in [1.29, 1.82) is 0 Å². The van der Waals surface area contributed by atoms with Crippen LogP contribution < -0.4 is 4.90 Å². The van der Waals surface area contributed by atoms with Crippen LogP contribution in [0.15, 0.2) is 24.5 Å². The Hall–Kier alpha value is -1.66. The number of thiazole rings is 1. The van der Waals surface area contributed by atoms with E-state index in [1.165, 1.54) is 16.2 Å². The first-order chi connectivity index (χ1) is 9.13. The molecule has 2 aromatic heterocycles. The van der Waals surface area contributed by atoms with Crippen LogP contribution in [0.5, 0.6) is 0 Å². The Labute approximate surface area is 119 Å². The van der Waals surface area contributed by atoms with Gasteiger partial charge in [-0.1, -0.05) is 22.9 Å². The molecule has 0 bridgehead atoms. The van der Waals surface area contributed by atoms with E-state index in [-0.39, 0.29) is 5.15 Å². The molecule has 19 heavy (non-hydrogen) atoms. The van der Waals surface area contributed by atoms with Gasteiger partial charge in [-0.25, -0.2) is 9.78 Å². The third kappa shape index (κ3) is 3.02. The van der Waals surface area contributed by atoms with E-state index >= 15 is 0 Å². The average Bonchev–Trinajstić information content (AvgIpc) is 2.81. The number of nitrogens with zero attached hydrogens (tertiary/aromatic N) is 3. The molecule has 0 saturated heterocycles. The van der Waals surface area contributed by atoms with Crippen LogP contribution in [0.3, 0.4) is 0 Å². The Balaban J connectivity index is 2.29. The van der Waals surface area contributed by atoms with Crippen molar-refractivity contribution >= 4 is 34.0 Å². The summed E-state index contributed by atoms with van der Waals surface area (Å²) in [7, 11) is 1.60. The van der Waals surface area contributed by atoms with E-state index in [0.717, 1.165) is 5.56 Å². The largest absolute Gasteiger partial charge is 0.449 e. The van der Waals surface area contributed by atoms with Crippen molar-refractivity contribution in [2.24, 2.45) is 0 Å². The van der Waals surface area contributed by atoms with Gasteiger partial charge in [-0.05, 0) is 19.1 Å². The number of halogens is 1. The highest BCUT2D eigenvalue weighted by molar-refractivity contribution is 7.19. The van der Waals surface area contributed by atoms with Crippen LogP contribution in [0.4, 0.5) is 9.80 Å². The number of amides is 1. The van der Waals surface area contributed by atoms with E-state index in [9.17, 15) is 4.79 Å². The van der Waals surface area contributed by atoms with Gasteiger partial charge in [0.15, 0.2) is 5.15 Å². The third-order valence-electron chi connectivity index (χ3n) is 2.32. The Morgan fingerprint density at radius 1 is 1.58 bits per heavy atom. The predicted octanol–water partition coefficient (Wildman–Crippen LogP) is 3.45. The van der Waals surface area contributed by atoms with Crippen molar-refractivity contribution in [2.75, 3.05) is 18.6 Å². The van der Waals surface area contributed by atoms with E-state index in [1.54, 1.807) is 26.4 Å². The molecule has 2 heterocycles. The summed E-state index contributed by atoms with van der Waals surface area (Å²) in [5.74, 6) is 0. The lowest BCUT2D eigenvalue weighted by molar-refractivity contribution is 0.161. The fourth-order valence-electron chi connectivity index (χ4n) is 1.42. The molecule has 0 N–H and O–H groups in total. The second-order valence-corrected chi connectivity index (χ2v) is 4.95. The highest BCUT2D eigenvalue weighted by Crippen LogP contribution is 2.36. The SMILES string of the molecule is CCOC(=O)N(C)c1sc(-c2cccnc2)nc1Cl. The van der Waals surface area contributed by atoms with Gasteiger partial charge in [0.1, 0.15) is 10.0 Å². The molecule has 0 atom stereocenters. The van der Waals surface area contributed by atoms with Crippen molar-refractivity contribution in [3.63, 3.8) is 0 Å². The molecule has 0 aromatic carbocycles. The Bertz CT molecular complexity index is 574. The van der Waals surface area contributed by atoms with Crippen LogP contribution in [0.1, 0.15) is 6.92 Å². The van der Waals surface area contributed by atoms with Crippen LogP contribution in [0, 0.1) is 0 Å². The molecule has 0 radical (unpaired) electrons. The molecule has 100 valence electrons. The molecule has 0 saturated carbocycles. The van der Waals surface area contributed by atoms with Crippen LogP contribution >= 0.6 is 22.9 Å². The van der Waals surface area contributed by atoms with Crippen molar-refractivity contribution in [1.82, 2.24) is 9.97 Å². The lowest BCUT2D eigenvalue weighted by Gasteiger charge is -2.13. The van der Waals surface area contributed by atoms with Gasteiger partial charge in [0.2, 0.25) is 0 Å². The second kappa shape index (κ2) is 5.99. The minimum atomic E-state index is -0.453. The number of rotatable bonds is 3. The second-order valence-electron chi connectivity index (χ2n) is 3.61. The first-order valence-electron chi connectivity index (χ1n) is 5.60. The Kier molecular flexibility index (Phi) is 4.34. The highest BCUT2D eigenvalue weighted by Gasteiger charge is 2.20. The molecule has 1 amide bonds. The first kappa shape index (κ1) is 13.8. The molecule has 0 spiro atoms. The predicted molar refractivity (Wildman–Crippen MR) is 75.8 cm³/mol. The summed E-state index contributed by atoms with van der Waals surface area (Å²) in [6, 6.07) is 3.70. The monoisotopic (exact) mass is 297 g/mol. The van der Waals surface area contributed by atoms with Gasteiger partial charge in [-0.15, -0.1) is 0 Å². The van der Waals surface area contributed by atoms with Crippen molar-refractivity contribution < 1.29 is 9.53 Å². The van der Waals surface area contributed by atoms with E-state index < -0.39 is 6.09 Å². The number of aromatic nitrogens is 2. The Morgan fingerprint density at radius 3 is 3.00 bits per heavy atom. The molecule has 0 unspecified atom stereocenters. The molecular weight excluding hydrogens is 286 g/mol. The van der Waals surface area contributed by atoms with E-state index in [2.05, 4.69) is 9.97 Å². The normalized spacial score (nSPS) is 10.3. The van der Waals surface area contributed by atoms with E-state index in [4.69, 9.17) is 16.3 Å². The number of pyridine rings is 1. The van der Waals surface area contributed by atoms with Gasteiger partial charge in [0.05, 0.1) is 6.61 Å². The molecule has 0 aliphatic carbocycles. The number of hydrogen-bond donors (Lipinski definition) is 0. The molecule has 0 fully saturated rings. The maximum Gasteiger partial charge on any atom is 0.414 e. The topological polar surface area (TPSA) is 55.3 Å². The van der Waals surface area contributed by atoms with Gasteiger partial charge in [0, 0.05) is 25.0 Å². The van der Waals surface area contributed by atoms with Crippen molar-refractivity contribution in [2.45, 2.75) is 6.92 Å². The maximum absolute atomic E-state index is 11.7. The van der Waals surface area contributed by atoms with Gasteiger partial charge < -0.3 is 4.74 Å². The zero-order valence-electron chi connectivity index (χ0n) is 10.5. The number of hydrogen-bond acceptors (Lipinski definition) is 5. The number of carbonyl (C=O) groups excluding carboxylic acids is 1. The molecule has 2 aromatic rings. The van der Waals surface area contributed by atoms with Crippen LogP contribution in [0.25, 0.3) is 10.6 Å². The fourth-order valence-corrected chi connectivity index (χ4v) is 2.69. The minimum Gasteiger partial charge on any atom is -0.449 e. The van der Waals surface area contributed by atoms with Crippen molar-refractivity contribution in [3.8, 4) is 10.6 Å². The quantitative estimate of drug-likeness (QED) is 0.870. The van der Waals surface area contributed by atoms with Crippen LogP contribution in [-0.4, -0.2) is 29.7 Å². The summed E-state index contributed by atoms with van der Waals surface area (Å²) in [5.41, 5.74) is 0.859. The summed E-state index contributed by atoms with van der Waals surface area (Å²) < 4.78 is 4.92. The lowest BCUT2D eigenvalue weighted by Crippen LogP contribution is -2.26. The average molecular weight is 298 g/mol. The molecular formula is C12H12ClN3O2S. The van der Waals surface area contributed by atoms with Gasteiger partial charge in [-0.2, -0.15) is 0 Å². The zero-order valence-corrected chi connectivity index (χ0v) is 12.0. The Morgan fingerprint density at radius 2 is 2.37 bits per heavy atom. The first-order valence-corrected chi connectivity index (χ1v) is 6.80. The lowest BCUT2D eigenvalue weighted by atomic mass is 10.3. The third-order valence-corrected chi connectivity index (χ3v) is 3.88. The highest BCUT2D eigenvalue weighted by atomic mass is 35.5. The summed E-state index contributed by atoms with van der Waals surface area (Å²) >= 11 is 7.38. The van der Waals surface area contributed by atoms with E-state index in [0.29, 0.717) is 16.6 Å². The summed E-state index contributed by atoms with van der Waals surface area (Å²) in [5, 5.41) is 1.54. The zero-order chi connectivity index (χ0) is 13.8.